The predicted molar refractivity (Wildman–Crippen MR) is 98.1 cm³/mol. The van der Waals surface area contributed by atoms with Gasteiger partial charge in [0, 0.05) is 29.9 Å². The minimum Gasteiger partial charge on any atom is -0.317 e. The summed E-state index contributed by atoms with van der Waals surface area (Å²) in [4.78, 5) is 12.3. The van der Waals surface area contributed by atoms with Gasteiger partial charge in [0.05, 0.1) is 11.8 Å². The molecule has 9 heteroatoms. The van der Waals surface area contributed by atoms with Crippen molar-refractivity contribution >= 4 is 26.5 Å². The highest BCUT2D eigenvalue weighted by molar-refractivity contribution is 7.92. The smallest absolute Gasteiger partial charge is 0.317 e. The number of halogens is 3. The number of alkyl halides is 3. The van der Waals surface area contributed by atoms with E-state index in [9.17, 15) is 26.4 Å². The molecule has 3 rings (SSSR count). The summed E-state index contributed by atoms with van der Waals surface area (Å²) in [5.74, 6) is 0. The third-order valence-corrected chi connectivity index (χ3v) is 4.57. The van der Waals surface area contributed by atoms with Crippen LogP contribution in [0.15, 0.2) is 53.5 Å². The highest BCUT2D eigenvalue weighted by Gasteiger charge is 2.31. The fourth-order valence-corrected chi connectivity index (χ4v) is 3.41. The molecule has 0 atom stereocenters. The number of anilines is 1. The van der Waals surface area contributed by atoms with E-state index in [0.717, 1.165) is 18.4 Å². The zero-order valence-corrected chi connectivity index (χ0v) is 15.1. The van der Waals surface area contributed by atoms with Crippen LogP contribution in [0.2, 0.25) is 0 Å². The SMILES string of the molecule is Cn1cc(-c2cc(NS(C)(=O)=O)cc(C(F)(F)F)c2)c2ccccc2c1=O. The number of nitrogens with zero attached hydrogens (tertiary/aromatic N) is 1. The fraction of sp³-hybridized carbons (Fsp3) is 0.167. The number of rotatable bonds is 3. The van der Waals surface area contributed by atoms with Crippen molar-refractivity contribution in [3.8, 4) is 11.1 Å². The Hall–Kier alpha value is -2.81. The number of pyridine rings is 1. The van der Waals surface area contributed by atoms with Gasteiger partial charge in [-0.1, -0.05) is 18.2 Å². The summed E-state index contributed by atoms with van der Waals surface area (Å²) in [5, 5.41) is 0.831. The van der Waals surface area contributed by atoms with E-state index in [1.54, 1.807) is 24.3 Å². The molecule has 0 saturated heterocycles. The molecule has 2 aromatic carbocycles. The molecule has 27 heavy (non-hydrogen) atoms. The van der Waals surface area contributed by atoms with Gasteiger partial charge in [-0.3, -0.25) is 9.52 Å². The zero-order chi connectivity index (χ0) is 20.0. The summed E-state index contributed by atoms with van der Waals surface area (Å²) < 4.78 is 66.3. The Kier molecular flexibility index (Phi) is 4.51. The summed E-state index contributed by atoms with van der Waals surface area (Å²) >= 11 is 0. The molecule has 0 saturated carbocycles. The van der Waals surface area contributed by atoms with E-state index >= 15 is 0 Å². The number of fused-ring (bicyclic) bond motifs is 1. The minimum atomic E-state index is -4.67. The number of aromatic nitrogens is 1. The van der Waals surface area contributed by atoms with E-state index < -0.39 is 21.8 Å². The third-order valence-electron chi connectivity index (χ3n) is 3.97. The Bertz CT molecular complexity index is 1200. The Morgan fingerprint density at radius 2 is 1.67 bits per heavy atom. The Balaban J connectivity index is 2.35. The van der Waals surface area contributed by atoms with Crippen LogP contribution < -0.4 is 10.3 Å². The van der Waals surface area contributed by atoms with Crippen LogP contribution in [-0.4, -0.2) is 19.2 Å². The molecule has 5 nitrogen and oxygen atoms in total. The number of nitrogens with one attached hydrogen (secondary N) is 1. The van der Waals surface area contributed by atoms with Gasteiger partial charge in [-0.25, -0.2) is 8.42 Å². The maximum absolute atomic E-state index is 13.3. The van der Waals surface area contributed by atoms with Crippen molar-refractivity contribution in [3.05, 3.63) is 64.6 Å². The van der Waals surface area contributed by atoms with Gasteiger partial charge >= 0.3 is 6.18 Å². The van der Waals surface area contributed by atoms with Gasteiger partial charge < -0.3 is 4.57 Å². The molecule has 0 bridgehead atoms. The summed E-state index contributed by atoms with van der Waals surface area (Å²) in [6.07, 6.45) is -2.38. The zero-order valence-electron chi connectivity index (χ0n) is 14.3. The molecule has 0 unspecified atom stereocenters. The summed E-state index contributed by atoms with van der Waals surface area (Å²) in [7, 11) is -2.27. The second kappa shape index (κ2) is 6.41. The Labute approximate surface area is 153 Å². The molecule has 0 spiro atoms. The topological polar surface area (TPSA) is 68.2 Å². The van der Waals surface area contributed by atoms with E-state index in [0.29, 0.717) is 16.3 Å². The predicted octanol–water partition coefficient (Wildman–Crippen LogP) is 3.60. The lowest BCUT2D eigenvalue weighted by Crippen LogP contribution is -2.16. The van der Waals surface area contributed by atoms with Crippen molar-refractivity contribution in [3.63, 3.8) is 0 Å². The van der Waals surface area contributed by atoms with Crippen LogP contribution in [0.3, 0.4) is 0 Å². The largest absolute Gasteiger partial charge is 0.416 e. The monoisotopic (exact) mass is 396 g/mol. The molecular formula is C18H15F3N2O3S. The first-order valence-corrected chi connectivity index (χ1v) is 9.64. The molecule has 0 aliphatic rings. The van der Waals surface area contributed by atoms with Gasteiger partial charge in [0.1, 0.15) is 0 Å². The molecule has 142 valence electrons. The van der Waals surface area contributed by atoms with Gasteiger partial charge in [0.25, 0.3) is 5.56 Å². The molecule has 0 aliphatic heterocycles. The standard InChI is InChI=1S/C18H15F3N2O3S/c1-23-10-16(14-5-3-4-6-15(14)17(23)24)11-7-12(18(19,20)21)9-13(8-11)22-27(2,25)26/h3-10,22H,1-2H3. The molecule has 0 radical (unpaired) electrons. The quantitative estimate of drug-likeness (QED) is 0.736. The number of aryl methyl sites for hydroxylation is 1. The lowest BCUT2D eigenvalue weighted by Gasteiger charge is -2.15. The van der Waals surface area contributed by atoms with Crippen LogP contribution >= 0.6 is 0 Å². The summed E-state index contributed by atoms with van der Waals surface area (Å²) in [6.45, 7) is 0. The lowest BCUT2D eigenvalue weighted by atomic mass is 9.98. The lowest BCUT2D eigenvalue weighted by molar-refractivity contribution is -0.137. The van der Waals surface area contributed by atoms with Gasteiger partial charge in [0.2, 0.25) is 10.0 Å². The van der Waals surface area contributed by atoms with Crippen molar-refractivity contribution in [1.82, 2.24) is 4.57 Å². The summed E-state index contributed by atoms with van der Waals surface area (Å²) in [5.41, 5.74) is -0.960. The first-order chi connectivity index (χ1) is 12.5. The molecule has 0 fully saturated rings. The minimum absolute atomic E-state index is 0.141. The fourth-order valence-electron chi connectivity index (χ4n) is 2.87. The highest BCUT2D eigenvalue weighted by atomic mass is 32.2. The first-order valence-electron chi connectivity index (χ1n) is 7.74. The number of sulfonamides is 1. The molecule has 0 amide bonds. The van der Waals surface area contributed by atoms with E-state index in [1.165, 1.54) is 23.9 Å². The van der Waals surface area contributed by atoms with Gasteiger partial charge in [0.15, 0.2) is 0 Å². The number of hydrogen-bond acceptors (Lipinski definition) is 3. The third kappa shape index (κ3) is 3.97. The van der Waals surface area contributed by atoms with E-state index in [-0.39, 0.29) is 16.8 Å². The van der Waals surface area contributed by atoms with Gasteiger partial charge in [-0.05, 0) is 35.2 Å². The van der Waals surface area contributed by atoms with Crippen LogP contribution in [0.4, 0.5) is 18.9 Å². The van der Waals surface area contributed by atoms with Gasteiger partial charge in [-0.15, -0.1) is 0 Å². The second-order valence-corrected chi connectivity index (χ2v) is 7.92. The summed E-state index contributed by atoms with van der Waals surface area (Å²) in [6, 6.07) is 9.53. The molecule has 1 N–H and O–H groups in total. The number of hydrogen-bond donors (Lipinski definition) is 1. The van der Waals surface area contributed by atoms with Crippen molar-refractivity contribution in [2.24, 2.45) is 7.05 Å². The van der Waals surface area contributed by atoms with E-state index in [1.807, 2.05) is 0 Å². The Morgan fingerprint density at radius 1 is 1.04 bits per heavy atom. The van der Waals surface area contributed by atoms with Crippen LogP contribution in [-0.2, 0) is 23.2 Å². The van der Waals surface area contributed by atoms with Crippen molar-refractivity contribution in [2.45, 2.75) is 6.18 Å². The second-order valence-electron chi connectivity index (χ2n) is 6.18. The normalized spacial score (nSPS) is 12.3. The van der Waals surface area contributed by atoms with Crippen molar-refractivity contribution in [1.29, 1.82) is 0 Å². The molecule has 0 aliphatic carbocycles. The van der Waals surface area contributed by atoms with Crippen LogP contribution in [0, 0.1) is 0 Å². The average Bonchev–Trinajstić information content (AvgIpc) is 2.55. The van der Waals surface area contributed by atoms with Crippen molar-refractivity contribution < 1.29 is 21.6 Å². The molecule has 1 heterocycles. The maximum Gasteiger partial charge on any atom is 0.416 e. The Morgan fingerprint density at radius 3 is 2.26 bits per heavy atom. The number of benzene rings is 2. The molecule has 1 aromatic heterocycles. The van der Waals surface area contributed by atoms with Crippen molar-refractivity contribution in [2.75, 3.05) is 11.0 Å². The average molecular weight is 396 g/mol. The van der Waals surface area contributed by atoms with Gasteiger partial charge in [-0.2, -0.15) is 13.2 Å². The molecule has 3 aromatic rings. The first kappa shape index (κ1) is 19.0. The van der Waals surface area contributed by atoms with Crippen LogP contribution in [0.5, 0.6) is 0 Å². The highest BCUT2D eigenvalue weighted by Crippen LogP contribution is 2.36. The maximum atomic E-state index is 13.3. The van der Waals surface area contributed by atoms with E-state index in [4.69, 9.17) is 0 Å². The van der Waals surface area contributed by atoms with E-state index in [2.05, 4.69) is 4.72 Å². The van der Waals surface area contributed by atoms with Crippen LogP contribution in [0.1, 0.15) is 5.56 Å². The molecular weight excluding hydrogens is 381 g/mol. The van der Waals surface area contributed by atoms with Crippen LogP contribution in [0.25, 0.3) is 21.9 Å².